The molecular formula is C16H28O2. The molecule has 0 spiro atoms. The predicted octanol–water partition coefficient (Wildman–Crippen LogP) is 4.78. The van der Waals surface area contributed by atoms with E-state index in [0.717, 1.165) is 19.3 Å². The van der Waals surface area contributed by atoms with E-state index >= 15 is 0 Å². The lowest BCUT2D eigenvalue weighted by Gasteiger charge is -2.02. The molecule has 1 N–H and O–H groups in total. The van der Waals surface area contributed by atoms with Gasteiger partial charge in [-0.2, -0.15) is 0 Å². The molecule has 18 heavy (non-hydrogen) atoms. The second kappa shape index (κ2) is 14.1. The molecule has 2 heteroatoms. The minimum atomic E-state index is -0.667. The maximum atomic E-state index is 10.3. The van der Waals surface area contributed by atoms with Crippen LogP contribution in [0.5, 0.6) is 0 Å². The summed E-state index contributed by atoms with van der Waals surface area (Å²) in [5, 5.41) is 8.48. The fourth-order valence-corrected chi connectivity index (χ4v) is 2.09. The third-order valence-corrected chi connectivity index (χ3v) is 3.21. The van der Waals surface area contributed by atoms with Gasteiger partial charge in [0, 0.05) is 12.8 Å². The van der Waals surface area contributed by atoms with E-state index in [4.69, 9.17) is 11.5 Å². The standard InChI is InChI=1S/C16H28O2/c1-2-3-4-5-6-7-8-9-10-11-12-13-14-15-16(17)18/h1H,3-15H2,(H,17,18). The van der Waals surface area contributed by atoms with Crippen LogP contribution in [0.1, 0.15) is 83.5 Å². The molecule has 0 heterocycles. The molecule has 0 atom stereocenters. The third-order valence-electron chi connectivity index (χ3n) is 3.21. The lowest BCUT2D eigenvalue weighted by atomic mass is 10.0. The second-order valence-electron chi connectivity index (χ2n) is 4.99. The molecule has 0 rings (SSSR count). The fourth-order valence-electron chi connectivity index (χ4n) is 2.09. The number of terminal acetylenes is 1. The molecule has 0 bridgehead atoms. The minimum absolute atomic E-state index is 0.331. The first-order valence-corrected chi connectivity index (χ1v) is 7.42. The first kappa shape index (κ1) is 17.0. The van der Waals surface area contributed by atoms with E-state index in [1.54, 1.807) is 0 Å². The van der Waals surface area contributed by atoms with E-state index in [0.29, 0.717) is 6.42 Å². The van der Waals surface area contributed by atoms with Crippen LogP contribution in [0.2, 0.25) is 0 Å². The highest BCUT2D eigenvalue weighted by molar-refractivity contribution is 5.66. The van der Waals surface area contributed by atoms with Gasteiger partial charge in [0.25, 0.3) is 0 Å². The Bertz CT molecular complexity index is 228. The highest BCUT2D eigenvalue weighted by Crippen LogP contribution is 2.12. The van der Waals surface area contributed by atoms with Gasteiger partial charge in [-0.25, -0.2) is 0 Å². The maximum Gasteiger partial charge on any atom is 0.303 e. The number of carboxylic acid groups (broad SMARTS) is 1. The van der Waals surface area contributed by atoms with Gasteiger partial charge in [0.2, 0.25) is 0 Å². The largest absolute Gasteiger partial charge is 0.481 e. The Kier molecular flexibility index (Phi) is 13.3. The van der Waals surface area contributed by atoms with Crippen LogP contribution in [0.25, 0.3) is 0 Å². The molecule has 0 aromatic rings. The van der Waals surface area contributed by atoms with Crippen molar-refractivity contribution in [1.82, 2.24) is 0 Å². The van der Waals surface area contributed by atoms with Crippen molar-refractivity contribution in [2.45, 2.75) is 83.5 Å². The Balaban J connectivity index is 2.95. The Hall–Kier alpha value is -0.970. The summed E-state index contributed by atoms with van der Waals surface area (Å²) in [7, 11) is 0. The molecule has 2 nitrogen and oxygen atoms in total. The predicted molar refractivity (Wildman–Crippen MR) is 76.5 cm³/mol. The summed E-state index contributed by atoms with van der Waals surface area (Å²) < 4.78 is 0. The van der Waals surface area contributed by atoms with Gasteiger partial charge in [-0.15, -0.1) is 12.3 Å². The van der Waals surface area contributed by atoms with Crippen LogP contribution in [0.3, 0.4) is 0 Å². The van der Waals surface area contributed by atoms with E-state index in [1.165, 1.54) is 57.8 Å². The van der Waals surface area contributed by atoms with Crippen molar-refractivity contribution < 1.29 is 9.90 Å². The summed E-state index contributed by atoms with van der Waals surface area (Å²) in [6, 6.07) is 0. The highest BCUT2D eigenvalue weighted by atomic mass is 16.4. The average molecular weight is 252 g/mol. The number of unbranched alkanes of at least 4 members (excludes halogenated alkanes) is 11. The van der Waals surface area contributed by atoms with Crippen molar-refractivity contribution in [2.24, 2.45) is 0 Å². The zero-order chi connectivity index (χ0) is 13.5. The highest BCUT2D eigenvalue weighted by Gasteiger charge is 1.96. The second-order valence-corrected chi connectivity index (χ2v) is 4.99. The van der Waals surface area contributed by atoms with Gasteiger partial charge in [-0.1, -0.05) is 57.8 Å². The van der Waals surface area contributed by atoms with Gasteiger partial charge >= 0.3 is 5.97 Å². The lowest BCUT2D eigenvalue weighted by Crippen LogP contribution is -1.93. The third kappa shape index (κ3) is 15.0. The van der Waals surface area contributed by atoms with Crippen LogP contribution in [0, 0.1) is 12.3 Å². The zero-order valence-electron chi connectivity index (χ0n) is 11.6. The number of carbonyl (C=O) groups is 1. The van der Waals surface area contributed by atoms with Crippen LogP contribution in [0.15, 0.2) is 0 Å². The van der Waals surface area contributed by atoms with Crippen molar-refractivity contribution in [1.29, 1.82) is 0 Å². The Labute approximate surface area is 112 Å². The topological polar surface area (TPSA) is 37.3 Å². The molecule has 0 saturated carbocycles. The summed E-state index contributed by atoms with van der Waals surface area (Å²) in [6.07, 6.45) is 19.9. The summed E-state index contributed by atoms with van der Waals surface area (Å²) in [4.78, 5) is 10.3. The van der Waals surface area contributed by atoms with E-state index in [9.17, 15) is 4.79 Å². The van der Waals surface area contributed by atoms with E-state index in [1.807, 2.05) is 0 Å². The van der Waals surface area contributed by atoms with Crippen molar-refractivity contribution >= 4 is 5.97 Å². The smallest absolute Gasteiger partial charge is 0.303 e. The van der Waals surface area contributed by atoms with Crippen molar-refractivity contribution in [2.75, 3.05) is 0 Å². The molecule has 0 aromatic carbocycles. The Morgan fingerprint density at radius 1 is 0.778 bits per heavy atom. The van der Waals surface area contributed by atoms with Gasteiger partial charge < -0.3 is 5.11 Å². The SMILES string of the molecule is C#CCCCCCCCCCCCCCC(=O)O. The molecule has 0 amide bonds. The number of hydrogen-bond donors (Lipinski definition) is 1. The molecular weight excluding hydrogens is 224 g/mol. The number of hydrogen-bond acceptors (Lipinski definition) is 1. The number of rotatable bonds is 13. The minimum Gasteiger partial charge on any atom is -0.481 e. The molecule has 104 valence electrons. The lowest BCUT2D eigenvalue weighted by molar-refractivity contribution is -0.137. The van der Waals surface area contributed by atoms with Crippen LogP contribution in [0.4, 0.5) is 0 Å². The summed E-state index contributed by atoms with van der Waals surface area (Å²) in [6.45, 7) is 0. The summed E-state index contributed by atoms with van der Waals surface area (Å²) >= 11 is 0. The molecule has 0 aliphatic rings. The normalized spacial score (nSPS) is 10.2. The van der Waals surface area contributed by atoms with Gasteiger partial charge in [0.1, 0.15) is 0 Å². The molecule has 0 aromatic heterocycles. The molecule has 0 saturated heterocycles. The van der Waals surface area contributed by atoms with E-state index < -0.39 is 5.97 Å². The zero-order valence-corrected chi connectivity index (χ0v) is 11.6. The quantitative estimate of drug-likeness (QED) is 0.378. The van der Waals surface area contributed by atoms with Crippen LogP contribution in [-0.2, 0) is 4.79 Å². The van der Waals surface area contributed by atoms with Gasteiger partial charge in [0.15, 0.2) is 0 Å². The average Bonchev–Trinajstić information content (AvgIpc) is 2.34. The number of carboxylic acids is 1. The first-order valence-electron chi connectivity index (χ1n) is 7.42. The van der Waals surface area contributed by atoms with Crippen molar-refractivity contribution in [3.8, 4) is 12.3 Å². The van der Waals surface area contributed by atoms with Crippen LogP contribution in [-0.4, -0.2) is 11.1 Å². The Morgan fingerprint density at radius 3 is 1.56 bits per heavy atom. The molecule has 0 aliphatic carbocycles. The van der Waals surface area contributed by atoms with Gasteiger partial charge in [-0.3, -0.25) is 4.79 Å². The summed E-state index contributed by atoms with van der Waals surface area (Å²) in [5.74, 6) is 2.01. The van der Waals surface area contributed by atoms with E-state index in [2.05, 4.69) is 5.92 Å². The Morgan fingerprint density at radius 2 is 1.17 bits per heavy atom. The first-order chi connectivity index (χ1) is 8.77. The fraction of sp³-hybridized carbons (Fsp3) is 0.812. The molecule has 0 radical (unpaired) electrons. The maximum absolute atomic E-state index is 10.3. The molecule has 0 unspecified atom stereocenters. The molecule has 0 aliphatic heterocycles. The van der Waals surface area contributed by atoms with Crippen molar-refractivity contribution in [3.05, 3.63) is 0 Å². The van der Waals surface area contributed by atoms with Crippen LogP contribution < -0.4 is 0 Å². The van der Waals surface area contributed by atoms with E-state index in [-0.39, 0.29) is 0 Å². The van der Waals surface area contributed by atoms with Gasteiger partial charge in [-0.05, 0) is 12.8 Å². The number of aliphatic carboxylic acids is 1. The molecule has 0 fully saturated rings. The summed E-state index contributed by atoms with van der Waals surface area (Å²) in [5.41, 5.74) is 0. The van der Waals surface area contributed by atoms with Crippen LogP contribution >= 0.6 is 0 Å². The van der Waals surface area contributed by atoms with Crippen molar-refractivity contribution in [3.63, 3.8) is 0 Å². The van der Waals surface area contributed by atoms with Gasteiger partial charge in [0.05, 0.1) is 0 Å². The monoisotopic (exact) mass is 252 g/mol.